The maximum atomic E-state index is 12.8. The SMILES string of the molecule is Cc1ccc2[nH]cc(CCC(C)(N)CCN3Cc4cc(C)c(C)cc4C3=O)c2c1. The number of nitrogens with one attached hydrogen (secondary N) is 1. The average molecular weight is 390 g/mol. The first-order valence-electron chi connectivity index (χ1n) is 10.5. The summed E-state index contributed by atoms with van der Waals surface area (Å²) in [4.78, 5) is 18.1. The largest absolute Gasteiger partial charge is 0.361 e. The van der Waals surface area contributed by atoms with Crippen LogP contribution in [0.1, 0.15) is 57.9 Å². The van der Waals surface area contributed by atoms with Crippen LogP contribution in [0.15, 0.2) is 36.5 Å². The number of nitrogens with two attached hydrogens (primary N) is 1. The molecule has 0 spiro atoms. The molecule has 1 amide bonds. The zero-order valence-corrected chi connectivity index (χ0v) is 17.9. The van der Waals surface area contributed by atoms with Crippen molar-refractivity contribution in [3.05, 3.63) is 69.9 Å². The van der Waals surface area contributed by atoms with Gasteiger partial charge in [-0.1, -0.05) is 17.7 Å². The summed E-state index contributed by atoms with van der Waals surface area (Å²) in [6.07, 6.45) is 4.72. The molecule has 2 heterocycles. The van der Waals surface area contributed by atoms with Crippen LogP contribution in [-0.2, 0) is 13.0 Å². The summed E-state index contributed by atoms with van der Waals surface area (Å²) in [5, 5.41) is 1.29. The number of H-pyrrole nitrogens is 1. The fraction of sp³-hybridized carbons (Fsp3) is 0.400. The van der Waals surface area contributed by atoms with Gasteiger partial charge >= 0.3 is 0 Å². The van der Waals surface area contributed by atoms with Crippen LogP contribution in [0.25, 0.3) is 10.9 Å². The van der Waals surface area contributed by atoms with E-state index >= 15 is 0 Å². The van der Waals surface area contributed by atoms with Gasteiger partial charge in [-0.2, -0.15) is 0 Å². The van der Waals surface area contributed by atoms with E-state index in [4.69, 9.17) is 5.73 Å². The summed E-state index contributed by atoms with van der Waals surface area (Å²) in [6, 6.07) is 10.7. The van der Waals surface area contributed by atoms with Gasteiger partial charge in [0, 0.05) is 41.3 Å². The summed E-state index contributed by atoms with van der Waals surface area (Å²) in [5.41, 5.74) is 14.5. The molecule has 1 aliphatic rings. The summed E-state index contributed by atoms with van der Waals surface area (Å²) < 4.78 is 0. The second kappa shape index (κ2) is 7.34. The number of benzene rings is 2. The van der Waals surface area contributed by atoms with E-state index in [9.17, 15) is 4.79 Å². The van der Waals surface area contributed by atoms with Crippen molar-refractivity contribution in [3.8, 4) is 0 Å². The Morgan fingerprint density at radius 3 is 2.66 bits per heavy atom. The average Bonchev–Trinajstić information content (AvgIpc) is 3.20. The molecule has 4 nitrogen and oxygen atoms in total. The molecular weight excluding hydrogens is 358 g/mol. The van der Waals surface area contributed by atoms with Gasteiger partial charge < -0.3 is 15.6 Å². The van der Waals surface area contributed by atoms with E-state index in [1.165, 1.54) is 33.2 Å². The number of aryl methyl sites for hydroxylation is 4. The van der Waals surface area contributed by atoms with Crippen molar-refractivity contribution in [3.63, 3.8) is 0 Å². The number of aromatic nitrogens is 1. The van der Waals surface area contributed by atoms with Crippen LogP contribution in [0.4, 0.5) is 0 Å². The number of aromatic amines is 1. The van der Waals surface area contributed by atoms with Crippen LogP contribution >= 0.6 is 0 Å². The fourth-order valence-corrected chi connectivity index (χ4v) is 4.27. The molecule has 0 bridgehead atoms. The monoisotopic (exact) mass is 389 g/mol. The van der Waals surface area contributed by atoms with Gasteiger partial charge in [-0.05, 0) is 87.4 Å². The standard InChI is InChI=1S/C25H31N3O/c1-16-5-6-23-21(11-16)19(14-27-23)7-8-25(4,26)9-10-28-15-20-12-17(2)18(3)13-22(20)24(28)29/h5-6,11-14,27H,7-10,15,26H2,1-4H3. The number of fused-ring (bicyclic) bond motifs is 2. The Kier molecular flexibility index (Phi) is 4.99. The van der Waals surface area contributed by atoms with Crippen LogP contribution in [-0.4, -0.2) is 27.9 Å². The van der Waals surface area contributed by atoms with Crippen LogP contribution in [0.5, 0.6) is 0 Å². The van der Waals surface area contributed by atoms with Crippen molar-refractivity contribution in [2.24, 2.45) is 5.73 Å². The van der Waals surface area contributed by atoms with Crippen LogP contribution in [0, 0.1) is 20.8 Å². The molecule has 3 aromatic rings. The third-order valence-electron chi connectivity index (χ3n) is 6.44. The highest BCUT2D eigenvalue weighted by molar-refractivity contribution is 5.98. The molecule has 4 rings (SSSR count). The molecule has 0 saturated heterocycles. The van der Waals surface area contributed by atoms with Crippen molar-refractivity contribution < 1.29 is 4.79 Å². The van der Waals surface area contributed by atoms with Crippen molar-refractivity contribution in [2.45, 2.75) is 59.0 Å². The van der Waals surface area contributed by atoms with Crippen molar-refractivity contribution in [1.29, 1.82) is 0 Å². The fourth-order valence-electron chi connectivity index (χ4n) is 4.27. The van der Waals surface area contributed by atoms with Crippen molar-refractivity contribution >= 4 is 16.8 Å². The number of hydrogen-bond donors (Lipinski definition) is 2. The lowest BCUT2D eigenvalue weighted by molar-refractivity contribution is 0.0766. The maximum absolute atomic E-state index is 12.8. The molecule has 1 aromatic heterocycles. The minimum atomic E-state index is -0.311. The molecule has 0 aliphatic carbocycles. The van der Waals surface area contributed by atoms with Gasteiger partial charge in [0.2, 0.25) is 0 Å². The molecule has 1 unspecified atom stereocenters. The van der Waals surface area contributed by atoms with E-state index in [2.05, 4.69) is 63.1 Å². The van der Waals surface area contributed by atoms with E-state index in [-0.39, 0.29) is 11.4 Å². The molecule has 29 heavy (non-hydrogen) atoms. The van der Waals surface area contributed by atoms with E-state index in [0.29, 0.717) is 13.1 Å². The quantitative estimate of drug-likeness (QED) is 0.637. The summed E-state index contributed by atoms with van der Waals surface area (Å²) >= 11 is 0. The Morgan fingerprint density at radius 1 is 1.10 bits per heavy atom. The number of carbonyl (C=O) groups excluding carboxylic acids is 1. The minimum absolute atomic E-state index is 0.144. The minimum Gasteiger partial charge on any atom is -0.361 e. The van der Waals surface area contributed by atoms with Crippen molar-refractivity contribution in [2.75, 3.05) is 6.54 Å². The highest BCUT2D eigenvalue weighted by Gasteiger charge is 2.29. The Balaban J connectivity index is 1.38. The van der Waals surface area contributed by atoms with Gasteiger partial charge in [-0.3, -0.25) is 4.79 Å². The Hall–Kier alpha value is -2.59. The number of carbonyl (C=O) groups is 1. The molecule has 0 fully saturated rings. The molecule has 0 radical (unpaired) electrons. The Bertz CT molecular complexity index is 1080. The van der Waals surface area contributed by atoms with E-state index in [1.54, 1.807) is 0 Å². The van der Waals surface area contributed by atoms with E-state index < -0.39 is 0 Å². The molecule has 4 heteroatoms. The van der Waals surface area contributed by atoms with Crippen LogP contribution in [0.3, 0.4) is 0 Å². The second-order valence-electron chi connectivity index (χ2n) is 9.09. The number of nitrogens with zero attached hydrogens (tertiary/aromatic N) is 1. The first-order valence-corrected chi connectivity index (χ1v) is 10.5. The molecule has 1 aliphatic heterocycles. The number of hydrogen-bond acceptors (Lipinski definition) is 2. The molecule has 0 saturated carbocycles. The lowest BCUT2D eigenvalue weighted by Gasteiger charge is -2.27. The molecule has 3 N–H and O–H groups in total. The van der Waals surface area contributed by atoms with Gasteiger partial charge in [0.1, 0.15) is 0 Å². The highest BCUT2D eigenvalue weighted by Crippen LogP contribution is 2.28. The molecule has 152 valence electrons. The Morgan fingerprint density at radius 2 is 1.86 bits per heavy atom. The Labute approximate surface area is 173 Å². The lowest BCUT2D eigenvalue weighted by Crippen LogP contribution is -2.40. The van der Waals surface area contributed by atoms with Crippen LogP contribution in [0.2, 0.25) is 0 Å². The predicted octanol–water partition coefficient (Wildman–Crippen LogP) is 4.79. The summed E-state index contributed by atoms with van der Waals surface area (Å²) in [7, 11) is 0. The number of amides is 1. The zero-order chi connectivity index (χ0) is 20.8. The number of rotatable bonds is 6. The van der Waals surface area contributed by atoms with Gasteiger partial charge in [-0.25, -0.2) is 0 Å². The highest BCUT2D eigenvalue weighted by atomic mass is 16.2. The zero-order valence-electron chi connectivity index (χ0n) is 17.9. The van der Waals surface area contributed by atoms with Gasteiger partial charge in [0.05, 0.1) is 0 Å². The van der Waals surface area contributed by atoms with Gasteiger partial charge in [0.25, 0.3) is 5.91 Å². The summed E-state index contributed by atoms with van der Waals surface area (Å²) in [6.45, 7) is 9.80. The predicted molar refractivity (Wildman–Crippen MR) is 119 cm³/mol. The third kappa shape index (κ3) is 3.95. The summed E-state index contributed by atoms with van der Waals surface area (Å²) in [5.74, 6) is 0.144. The first kappa shape index (κ1) is 19.7. The molecular formula is C25H31N3O. The van der Waals surface area contributed by atoms with Crippen molar-refractivity contribution in [1.82, 2.24) is 9.88 Å². The first-order chi connectivity index (χ1) is 13.7. The van der Waals surface area contributed by atoms with Gasteiger partial charge in [-0.15, -0.1) is 0 Å². The van der Waals surface area contributed by atoms with Crippen LogP contribution < -0.4 is 5.73 Å². The third-order valence-corrected chi connectivity index (χ3v) is 6.44. The lowest BCUT2D eigenvalue weighted by atomic mass is 9.90. The second-order valence-corrected chi connectivity index (χ2v) is 9.09. The smallest absolute Gasteiger partial charge is 0.254 e. The topological polar surface area (TPSA) is 62.1 Å². The molecule has 2 aromatic carbocycles. The van der Waals surface area contributed by atoms with E-state index in [0.717, 1.165) is 30.4 Å². The normalized spacial score (nSPS) is 15.8. The van der Waals surface area contributed by atoms with Gasteiger partial charge in [0.15, 0.2) is 0 Å². The molecule has 1 atom stereocenters. The maximum Gasteiger partial charge on any atom is 0.254 e. The van der Waals surface area contributed by atoms with E-state index in [1.807, 2.05) is 11.0 Å².